The van der Waals surface area contributed by atoms with Crippen LogP contribution >= 0.6 is 0 Å². The van der Waals surface area contributed by atoms with Crippen molar-refractivity contribution < 1.29 is 29.0 Å². The van der Waals surface area contributed by atoms with Crippen molar-refractivity contribution in [2.75, 3.05) is 42.6 Å². The quantitative estimate of drug-likeness (QED) is 0.155. The number of esters is 1. The third-order valence-corrected chi connectivity index (χ3v) is 10.0. The fourth-order valence-corrected chi connectivity index (χ4v) is 7.50. The minimum atomic E-state index is -1.17. The number of likely N-dealkylation sites (tertiary alicyclic amines) is 1. The number of fused-ring (bicyclic) bond motifs is 1. The highest BCUT2D eigenvalue weighted by molar-refractivity contribution is 6.05. The van der Waals surface area contributed by atoms with E-state index in [9.17, 15) is 19.5 Å². The van der Waals surface area contributed by atoms with Crippen molar-refractivity contribution in [3.05, 3.63) is 49.6 Å². The first-order valence-corrected chi connectivity index (χ1v) is 16.4. The monoisotopic (exact) mass is 609 g/mol. The molecule has 3 saturated heterocycles. The summed E-state index contributed by atoms with van der Waals surface area (Å²) in [5.74, 6) is -2.76. The van der Waals surface area contributed by atoms with Gasteiger partial charge in [0.15, 0.2) is 0 Å². The molecule has 3 aliphatic rings. The number of hydrogen-bond acceptors (Lipinski definition) is 7. The first-order valence-electron chi connectivity index (χ1n) is 16.4. The maximum atomic E-state index is 14.8. The molecular formula is C35H51N3O6. The highest BCUT2D eigenvalue weighted by Crippen LogP contribution is 2.59. The Morgan fingerprint density at radius 1 is 1.14 bits per heavy atom. The number of hydrogen-bond donors (Lipinski definition) is 1. The van der Waals surface area contributed by atoms with Gasteiger partial charge in [0, 0.05) is 31.0 Å². The minimum absolute atomic E-state index is 0.0804. The molecule has 0 aliphatic carbocycles. The Balaban J connectivity index is 1.72. The van der Waals surface area contributed by atoms with Crippen LogP contribution in [0.1, 0.15) is 66.2 Å². The van der Waals surface area contributed by atoms with Gasteiger partial charge in [-0.3, -0.25) is 14.4 Å². The molecule has 2 amide bonds. The van der Waals surface area contributed by atoms with Gasteiger partial charge < -0.3 is 29.3 Å². The van der Waals surface area contributed by atoms with Crippen molar-refractivity contribution in [3.63, 3.8) is 0 Å². The lowest BCUT2D eigenvalue weighted by atomic mass is 9.70. The van der Waals surface area contributed by atoms with Gasteiger partial charge in [-0.2, -0.15) is 0 Å². The lowest BCUT2D eigenvalue weighted by molar-refractivity contribution is -0.156. The summed E-state index contributed by atoms with van der Waals surface area (Å²) in [4.78, 5) is 48.2. The van der Waals surface area contributed by atoms with Crippen molar-refractivity contribution in [3.8, 4) is 0 Å². The molecule has 242 valence electrons. The Morgan fingerprint density at radius 3 is 2.41 bits per heavy atom. The summed E-state index contributed by atoms with van der Waals surface area (Å²) in [6.45, 7) is 17.7. The summed E-state index contributed by atoms with van der Waals surface area (Å²) in [5, 5.41) is 10.6. The first-order chi connectivity index (χ1) is 21.2. The molecule has 2 unspecified atom stereocenters. The number of carbonyl (C=O) groups is 3. The normalized spacial score (nSPS) is 26.7. The number of amides is 2. The third-order valence-electron chi connectivity index (χ3n) is 10.0. The number of carbonyl (C=O) groups excluding carboxylic acids is 3. The zero-order chi connectivity index (χ0) is 32.0. The van der Waals surface area contributed by atoms with Gasteiger partial charge >= 0.3 is 5.97 Å². The first kappa shape index (κ1) is 33.7. The Morgan fingerprint density at radius 2 is 1.82 bits per heavy atom. The molecule has 1 aromatic rings. The van der Waals surface area contributed by atoms with Gasteiger partial charge in [0.2, 0.25) is 5.91 Å². The zero-order valence-corrected chi connectivity index (χ0v) is 27.0. The number of benzene rings is 1. The van der Waals surface area contributed by atoms with E-state index < -0.39 is 41.6 Å². The van der Waals surface area contributed by atoms with Gasteiger partial charge in [0.25, 0.3) is 5.91 Å². The Kier molecular flexibility index (Phi) is 11.3. The average molecular weight is 610 g/mol. The van der Waals surface area contributed by atoms with Crippen LogP contribution in [-0.4, -0.2) is 84.4 Å². The molecular weight excluding hydrogens is 558 g/mol. The third kappa shape index (κ3) is 6.05. The van der Waals surface area contributed by atoms with Crippen molar-refractivity contribution in [1.29, 1.82) is 0 Å². The van der Waals surface area contributed by atoms with E-state index in [0.29, 0.717) is 31.4 Å². The fourth-order valence-electron chi connectivity index (χ4n) is 7.50. The van der Waals surface area contributed by atoms with E-state index in [2.05, 4.69) is 31.9 Å². The minimum Gasteiger partial charge on any atom is -0.465 e. The van der Waals surface area contributed by atoms with Crippen LogP contribution in [0, 0.1) is 17.8 Å². The van der Waals surface area contributed by atoms with Crippen LogP contribution in [0.5, 0.6) is 0 Å². The molecule has 0 saturated carbocycles. The predicted molar refractivity (Wildman–Crippen MR) is 172 cm³/mol. The van der Waals surface area contributed by atoms with E-state index in [1.54, 1.807) is 15.9 Å². The van der Waals surface area contributed by atoms with Crippen molar-refractivity contribution in [2.45, 2.75) is 90.0 Å². The number of allylic oxidation sites excluding steroid dienone is 1. The second kappa shape index (κ2) is 14.7. The van der Waals surface area contributed by atoms with Crippen LogP contribution in [0.2, 0.25) is 0 Å². The molecule has 3 heterocycles. The van der Waals surface area contributed by atoms with Crippen LogP contribution in [0.25, 0.3) is 0 Å². The maximum absolute atomic E-state index is 14.8. The number of anilines is 2. The highest BCUT2D eigenvalue weighted by atomic mass is 16.6. The van der Waals surface area contributed by atoms with E-state index in [1.165, 1.54) is 0 Å². The molecule has 0 aromatic heterocycles. The molecule has 1 spiro atoms. The highest BCUT2D eigenvalue weighted by Gasteiger charge is 2.75. The van der Waals surface area contributed by atoms with Crippen LogP contribution < -0.4 is 9.80 Å². The summed E-state index contributed by atoms with van der Waals surface area (Å²) in [5.41, 5.74) is 0.569. The maximum Gasteiger partial charge on any atom is 0.312 e. The van der Waals surface area contributed by atoms with Crippen LogP contribution in [-0.2, 0) is 23.9 Å². The standard InChI is InChI=1S/C35H51N3O6/c1-7-12-13-14-22-43-34(42)29-28-19-20-35(44-28)30(29)32(40)38(27(23-39)24(6)9-3)31(35)33(41)37(21-8-2)26-17-15-25(16-18-26)36(10-4)11-5/h7-8,15-18,24,27-31,39H,1-2,9-14,19-23H2,3-6H3/t24-,27-,28+,29-,30-,31?,35?/m0/s1. The number of aliphatic hydroxyl groups is 1. The molecule has 0 radical (unpaired) electrons. The average Bonchev–Trinajstić information content (AvgIpc) is 3.68. The van der Waals surface area contributed by atoms with Crippen LogP contribution in [0.3, 0.4) is 0 Å². The summed E-state index contributed by atoms with van der Waals surface area (Å²) >= 11 is 0. The summed E-state index contributed by atoms with van der Waals surface area (Å²) in [7, 11) is 0. The Labute approximate surface area is 262 Å². The molecule has 7 atom stereocenters. The molecule has 1 aromatic carbocycles. The van der Waals surface area contributed by atoms with Crippen molar-refractivity contribution >= 4 is 29.2 Å². The molecule has 1 N–H and O–H groups in total. The van der Waals surface area contributed by atoms with E-state index in [0.717, 1.165) is 31.6 Å². The van der Waals surface area contributed by atoms with Crippen LogP contribution in [0.15, 0.2) is 49.6 Å². The molecule has 44 heavy (non-hydrogen) atoms. The molecule has 3 fully saturated rings. The summed E-state index contributed by atoms with van der Waals surface area (Å²) in [6.07, 6.45) is 7.17. The van der Waals surface area contributed by atoms with Gasteiger partial charge in [-0.15, -0.1) is 13.2 Å². The number of nitrogens with zero attached hydrogens (tertiary/aromatic N) is 3. The van der Waals surface area contributed by atoms with Gasteiger partial charge in [-0.25, -0.2) is 0 Å². The van der Waals surface area contributed by atoms with E-state index >= 15 is 0 Å². The van der Waals surface area contributed by atoms with Crippen LogP contribution in [0.4, 0.5) is 11.4 Å². The fraction of sp³-hybridized carbons (Fsp3) is 0.629. The summed E-state index contributed by atoms with van der Waals surface area (Å²) < 4.78 is 12.3. The van der Waals surface area contributed by atoms with E-state index in [-0.39, 0.29) is 37.5 Å². The predicted octanol–water partition coefficient (Wildman–Crippen LogP) is 4.73. The largest absolute Gasteiger partial charge is 0.465 e. The van der Waals surface area contributed by atoms with Crippen molar-refractivity contribution in [2.24, 2.45) is 17.8 Å². The number of rotatable bonds is 17. The molecule has 3 aliphatic heterocycles. The number of ether oxygens (including phenoxy) is 2. The SMILES string of the molecule is C=CCCCCOC(=O)[C@@H]1[C@H]2C(=O)N([C@@H](CO)[C@@H](C)CC)C(C(=O)N(CC=C)c3ccc(N(CC)CC)cc3)C23CC[C@H]1O3. The zero-order valence-electron chi connectivity index (χ0n) is 27.0. The van der Waals surface area contributed by atoms with Crippen molar-refractivity contribution in [1.82, 2.24) is 4.90 Å². The Bertz CT molecular complexity index is 1180. The van der Waals surface area contributed by atoms with Gasteiger partial charge in [-0.1, -0.05) is 32.4 Å². The van der Waals surface area contributed by atoms with Gasteiger partial charge in [-0.05, 0) is 76.1 Å². The number of aliphatic hydroxyl groups excluding tert-OH is 1. The number of unbranched alkanes of at least 4 members (excludes halogenated alkanes) is 2. The second-order valence-electron chi connectivity index (χ2n) is 12.3. The molecule has 4 rings (SSSR count). The van der Waals surface area contributed by atoms with Gasteiger partial charge in [0.05, 0.1) is 37.2 Å². The summed E-state index contributed by atoms with van der Waals surface area (Å²) in [6, 6.07) is 6.24. The topological polar surface area (TPSA) is 99.6 Å². The van der Waals surface area contributed by atoms with E-state index in [1.807, 2.05) is 44.2 Å². The van der Waals surface area contributed by atoms with Gasteiger partial charge in [0.1, 0.15) is 11.6 Å². The molecule has 2 bridgehead atoms. The lowest BCUT2D eigenvalue weighted by Crippen LogP contribution is -2.60. The van der Waals surface area contributed by atoms with E-state index in [4.69, 9.17) is 9.47 Å². The smallest absolute Gasteiger partial charge is 0.312 e. The second-order valence-corrected chi connectivity index (χ2v) is 12.3. The molecule has 9 heteroatoms. The molecule has 9 nitrogen and oxygen atoms in total. The Hall–Kier alpha value is -3.17. The lowest BCUT2D eigenvalue weighted by Gasteiger charge is -2.41.